The van der Waals surface area contributed by atoms with E-state index >= 15 is 0 Å². The molecule has 1 aromatic rings. The van der Waals surface area contributed by atoms with E-state index in [1.807, 2.05) is 13.0 Å². The van der Waals surface area contributed by atoms with Crippen molar-refractivity contribution in [1.82, 2.24) is 10.2 Å². The van der Waals surface area contributed by atoms with Gasteiger partial charge < -0.3 is 9.73 Å². The molecule has 1 rings (SSSR count). The van der Waals surface area contributed by atoms with Crippen molar-refractivity contribution >= 4 is 0 Å². The molecule has 3 heteroatoms. The van der Waals surface area contributed by atoms with Crippen molar-refractivity contribution in [1.29, 1.82) is 0 Å². The van der Waals surface area contributed by atoms with Gasteiger partial charge in [0, 0.05) is 25.2 Å². The van der Waals surface area contributed by atoms with E-state index < -0.39 is 0 Å². The molecule has 3 nitrogen and oxygen atoms in total. The molecule has 16 heavy (non-hydrogen) atoms. The minimum absolute atomic E-state index is 0.894. The number of hydrogen-bond acceptors (Lipinski definition) is 3. The Morgan fingerprint density at radius 2 is 2.31 bits per heavy atom. The Kier molecular flexibility index (Phi) is 5.29. The summed E-state index contributed by atoms with van der Waals surface area (Å²) in [6.45, 7) is 11.9. The molecule has 0 aliphatic heterocycles. The lowest BCUT2D eigenvalue weighted by molar-refractivity contribution is 0.349. The lowest BCUT2D eigenvalue weighted by atomic mass is 10.2. The zero-order chi connectivity index (χ0) is 12.0. The van der Waals surface area contributed by atoms with E-state index in [0.717, 1.165) is 31.9 Å². The third kappa shape index (κ3) is 4.21. The fourth-order valence-corrected chi connectivity index (χ4v) is 1.66. The second-order valence-corrected chi connectivity index (χ2v) is 4.20. The predicted molar refractivity (Wildman–Crippen MR) is 67.5 cm³/mol. The summed E-state index contributed by atoms with van der Waals surface area (Å²) < 4.78 is 5.27. The topological polar surface area (TPSA) is 28.4 Å². The number of rotatable bonds is 7. The van der Waals surface area contributed by atoms with Crippen molar-refractivity contribution in [2.45, 2.75) is 20.4 Å². The summed E-state index contributed by atoms with van der Waals surface area (Å²) >= 11 is 0. The first kappa shape index (κ1) is 13.0. The van der Waals surface area contributed by atoms with Gasteiger partial charge in [0.05, 0.1) is 6.26 Å². The maximum Gasteiger partial charge on any atom is 0.105 e. The summed E-state index contributed by atoms with van der Waals surface area (Å²) in [5, 5.41) is 3.28. The normalized spacial score (nSPS) is 11.0. The average Bonchev–Trinajstić information content (AvgIpc) is 2.61. The van der Waals surface area contributed by atoms with Gasteiger partial charge in [-0.15, -0.1) is 0 Å². The van der Waals surface area contributed by atoms with Crippen molar-refractivity contribution in [2.24, 2.45) is 0 Å². The molecule has 0 amide bonds. The number of likely N-dealkylation sites (N-methyl/N-ethyl adjacent to an activating group) is 2. The molecule has 0 radical (unpaired) electrons. The van der Waals surface area contributed by atoms with Crippen molar-refractivity contribution in [3.05, 3.63) is 35.8 Å². The van der Waals surface area contributed by atoms with Crippen molar-refractivity contribution in [3.8, 4) is 0 Å². The monoisotopic (exact) mass is 222 g/mol. The van der Waals surface area contributed by atoms with Crippen LogP contribution in [0.2, 0.25) is 0 Å². The van der Waals surface area contributed by atoms with Gasteiger partial charge in [0.1, 0.15) is 5.76 Å². The highest BCUT2D eigenvalue weighted by Gasteiger charge is 2.06. The van der Waals surface area contributed by atoms with Crippen LogP contribution in [0.5, 0.6) is 0 Å². The Bertz CT molecular complexity index is 330. The molecule has 90 valence electrons. The van der Waals surface area contributed by atoms with Crippen molar-refractivity contribution in [2.75, 3.05) is 26.7 Å². The Morgan fingerprint density at radius 1 is 1.56 bits per heavy atom. The molecule has 0 spiro atoms. The summed E-state index contributed by atoms with van der Waals surface area (Å²) in [7, 11) is 2.10. The molecule has 0 aliphatic rings. The third-order valence-corrected chi connectivity index (χ3v) is 2.53. The van der Waals surface area contributed by atoms with E-state index in [4.69, 9.17) is 4.42 Å². The summed E-state index contributed by atoms with van der Waals surface area (Å²) in [6, 6.07) is 2.03. The smallest absolute Gasteiger partial charge is 0.105 e. The van der Waals surface area contributed by atoms with Gasteiger partial charge in [-0.05, 0) is 32.2 Å². The highest BCUT2D eigenvalue weighted by atomic mass is 16.3. The van der Waals surface area contributed by atoms with Crippen LogP contribution >= 0.6 is 0 Å². The van der Waals surface area contributed by atoms with Crippen molar-refractivity contribution in [3.63, 3.8) is 0 Å². The van der Waals surface area contributed by atoms with Gasteiger partial charge in [-0.25, -0.2) is 0 Å². The molecule has 1 aromatic heterocycles. The predicted octanol–water partition coefficient (Wildman–Crippen LogP) is 2.19. The summed E-state index contributed by atoms with van der Waals surface area (Å²) in [5.41, 5.74) is 2.46. The first-order valence-corrected chi connectivity index (χ1v) is 5.72. The molecule has 0 aromatic carbocycles. The third-order valence-electron chi connectivity index (χ3n) is 2.53. The highest BCUT2D eigenvalue weighted by Crippen LogP contribution is 2.11. The van der Waals surface area contributed by atoms with Gasteiger partial charge in [0.15, 0.2) is 0 Å². The summed E-state index contributed by atoms with van der Waals surface area (Å²) in [6.07, 6.45) is 1.74. The van der Waals surface area contributed by atoms with Gasteiger partial charge in [-0.3, -0.25) is 4.90 Å². The van der Waals surface area contributed by atoms with Gasteiger partial charge in [0.25, 0.3) is 0 Å². The standard InChI is InChI=1S/C13H22N2O/c1-5-14-8-11(2)9-15(4)10-13-6-7-16-12(13)3/h6-7,14H,2,5,8-10H2,1,3-4H3. The van der Waals surface area contributed by atoms with Gasteiger partial charge in [-0.2, -0.15) is 0 Å². The van der Waals surface area contributed by atoms with Crippen LogP contribution in [0.4, 0.5) is 0 Å². The fourth-order valence-electron chi connectivity index (χ4n) is 1.66. The molecule has 0 saturated heterocycles. The Morgan fingerprint density at radius 3 is 2.88 bits per heavy atom. The zero-order valence-electron chi connectivity index (χ0n) is 10.5. The fraction of sp³-hybridized carbons (Fsp3) is 0.538. The van der Waals surface area contributed by atoms with Crippen LogP contribution < -0.4 is 5.32 Å². The molecule has 0 unspecified atom stereocenters. The zero-order valence-corrected chi connectivity index (χ0v) is 10.5. The second-order valence-electron chi connectivity index (χ2n) is 4.20. The van der Waals surface area contributed by atoms with E-state index in [-0.39, 0.29) is 0 Å². The van der Waals surface area contributed by atoms with Crippen LogP contribution in [0.1, 0.15) is 18.2 Å². The Balaban J connectivity index is 2.33. The largest absolute Gasteiger partial charge is 0.469 e. The quantitative estimate of drug-likeness (QED) is 0.717. The lowest BCUT2D eigenvalue weighted by Gasteiger charge is -2.17. The first-order chi connectivity index (χ1) is 7.63. The van der Waals surface area contributed by atoms with E-state index in [2.05, 4.69) is 30.8 Å². The van der Waals surface area contributed by atoms with E-state index in [0.29, 0.717) is 0 Å². The molecule has 1 heterocycles. The molecule has 1 N–H and O–H groups in total. The van der Waals surface area contributed by atoms with Gasteiger partial charge in [0.2, 0.25) is 0 Å². The van der Waals surface area contributed by atoms with Crippen LogP contribution in [0, 0.1) is 6.92 Å². The Hall–Kier alpha value is -1.06. The molecular weight excluding hydrogens is 200 g/mol. The van der Waals surface area contributed by atoms with E-state index in [1.165, 1.54) is 11.1 Å². The average molecular weight is 222 g/mol. The number of nitrogens with zero attached hydrogens (tertiary/aromatic N) is 1. The molecule has 0 saturated carbocycles. The van der Waals surface area contributed by atoms with Gasteiger partial charge in [-0.1, -0.05) is 13.5 Å². The molecule has 0 aliphatic carbocycles. The number of aryl methyl sites for hydroxylation is 1. The van der Waals surface area contributed by atoms with E-state index in [9.17, 15) is 0 Å². The SMILES string of the molecule is C=C(CNCC)CN(C)Cc1ccoc1C. The highest BCUT2D eigenvalue weighted by molar-refractivity contribution is 5.15. The molecular formula is C13H22N2O. The van der Waals surface area contributed by atoms with Crippen LogP contribution in [0.25, 0.3) is 0 Å². The lowest BCUT2D eigenvalue weighted by Crippen LogP contribution is -2.25. The minimum Gasteiger partial charge on any atom is -0.469 e. The molecule has 0 fully saturated rings. The maximum atomic E-state index is 5.27. The van der Waals surface area contributed by atoms with Crippen LogP contribution in [-0.2, 0) is 6.54 Å². The number of nitrogens with one attached hydrogen (secondary N) is 1. The van der Waals surface area contributed by atoms with Crippen LogP contribution in [0.15, 0.2) is 28.9 Å². The number of furan rings is 1. The summed E-state index contributed by atoms with van der Waals surface area (Å²) in [5.74, 6) is 1.00. The minimum atomic E-state index is 0.894. The van der Waals surface area contributed by atoms with Crippen molar-refractivity contribution < 1.29 is 4.42 Å². The van der Waals surface area contributed by atoms with Crippen LogP contribution in [0.3, 0.4) is 0 Å². The second kappa shape index (κ2) is 6.51. The molecule has 0 atom stereocenters. The summed E-state index contributed by atoms with van der Waals surface area (Å²) in [4.78, 5) is 2.25. The number of hydrogen-bond donors (Lipinski definition) is 1. The first-order valence-electron chi connectivity index (χ1n) is 5.72. The van der Waals surface area contributed by atoms with E-state index in [1.54, 1.807) is 6.26 Å². The van der Waals surface area contributed by atoms with Gasteiger partial charge >= 0.3 is 0 Å². The van der Waals surface area contributed by atoms with Crippen LogP contribution in [-0.4, -0.2) is 31.6 Å². The maximum absolute atomic E-state index is 5.27. The molecule has 0 bridgehead atoms. The Labute approximate surface area is 98.1 Å².